The molecule has 0 bridgehead atoms. The Labute approximate surface area is 130 Å². The summed E-state index contributed by atoms with van der Waals surface area (Å²) in [6.45, 7) is 0. The van der Waals surface area contributed by atoms with E-state index in [9.17, 15) is 26.7 Å². The van der Waals surface area contributed by atoms with Gasteiger partial charge in [-0.25, -0.2) is 22.0 Å². The van der Waals surface area contributed by atoms with Crippen LogP contribution in [0.1, 0.15) is 10.4 Å². The maximum Gasteiger partial charge on any atom is 0.261 e. The minimum absolute atomic E-state index is 0.0790. The molecule has 0 saturated heterocycles. The van der Waals surface area contributed by atoms with E-state index >= 15 is 0 Å². The summed E-state index contributed by atoms with van der Waals surface area (Å²) < 4.78 is 66.0. The van der Waals surface area contributed by atoms with Gasteiger partial charge in [0.2, 0.25) is 5.82 Å². The molecule has 9 heteroatoms. The van der Waals surface area contributed by atoms with E-state index in [0.717, 1.165) is 0 Å². The van der Waals surface area contributed by atoms with E-state index < -0.39 is 40.6 Å². The van der Waals surface area contributed by atoms with Gasteiger partial charge in [-0.2, -0.15) is 0 Å². The molecule has 116 valence electrons. The van der Waals surface area contributed by atoms with E-state index in [1.807, 2.05) is 5.32 Å². The molecule has 0 saturated carbocycles. The van der Waals surface area contributed by atoms with Crippen molar-refractivity contribution in [3.05, 3.63) is 62.9 Å². The van der Waals surface area contributed by atoms with Crippen molar-refractivity contribution in [1.82, 2.24) is 0 Å². The van der Waals surface area contributed by atoms with Gasteiger partial charge in [-0.15, -0.1) is 0 Å². The van der Waals surface area contributed by atoms with Crippen molar-refractivity contribution in [3.63, 3.8) is 0 Å². The predicted molar refractivity (Wildman–Crippen MR) is 70.6 cm³/mol. The quantitative estimate of drug-likeness (QED) is 0.461. The number of nitrogens with one attached hydrogen (secondary N) is 1. The lowest BCUT2D eigenvalue weighted by atomic mass is 10.1. The average molecular weight is 356 g/mol. The molecule has 1 N–H and O–H groups in total. The lowest BCUT2D eigenvalue weighted by Crippen LogP contribution is -2.19. The highest BCUT2D eigenvalue weighted by Crippen LogP contribution is 2.28. The molecule has 2 rings (SSSR count). The molecule has 0 heterocycles. The lowest BCUT2D eigenvalue weighted by molar-refractivity contribution is 0.101. The Morgan fingerprint density at radius 2 is 1.36 bits per heavy atom. The Bertz CT molecular complexity index is 753. The standard InChI is InChI=1S/C13H4Cl2F5NO/c14-4-1-2-6(5(15)3-4)21-13(22)7-8(16)10(18)12(20)11(19)9(7)17/h1-3H,(H,21,22). The number of hydrogen-bond acceptors (Lipinski definition) is 1. The Morgan fingerprint density at radius 3 is 1.86 bits per heavy atom. The van der Waals surface area contributed by atoms with Gasteiger partial charge in [-0.05, 0) is 18.2 Å². The van der Waals surface area contributed by atoms with Crippen molar-refractivity contribution in [3.8, 4) is 0 Å². The maximum atomic E-state index is 13.5. The van der Waals surface area contributed by atoms with Crippen LogP contribution in [0, 0.1) is 29.1 Å². The van der Waals surface area contributed by atoms with E-state index in [0.29, 0.717) is 0 Å². The number of carbonyl (C=O) groups excluding carboxylic acids is 1. The fraction of sp³-hybridized carbons (Fsp3) is 0. The monoisotopic (exact) mass is 355 g/mol. The second kappa shape index (κ2) is 6.10. The van der Waals surface area contributed by atoms with Gasteiger partial charge < -0.3 is 5.32 Å². The van der Waals surface area contributed by atoms with Crippen LogP contribution in [0.4, 0.5) is 27.6 Å². The van der Waals surface area contributed by atoms with Gasteiger partial charge in [-0.1, -0.05) is 23.2 Å². The third kappa shape index (κ3) is 2.86. The van der Waals surface area contributed by atoms with Gasteiger partial charge in [0, 0.05) is 5.02 Å². The van der Waals surface area contributed by atoms with Gasteiger partial charge in [0.05, 0.1) is 10.7 Å². The fourth-order valence-electron chi connectivity index (χ4n) is 1.58. The zero-order valence-corrected chi connectivity index (χ0v) is 11.8. The number of hydrogen-bond donors (Lipinski definition) is 1. The molecular weight excluding hydrogens is 352 g/mol. The van der Waals surface area contributed by atoms with Crippen molar-refractivity contribution in [1.29, 1.82) is 0 Å². The van der Waals surface area contributed by atoms with Crippen LogP contribution in [0.25, 0.3) is 0 Å². The van der Waals surface area contributed by atoms with Gasteiger partial charge >= 0.3 is 0 Å². The summed E-state index contributed by atoms with van der Waals surface area (Å²) >= 11 is 11.4. The third-order valence-electron chi connectivity index (χ3n) is 2.62. The molecule has 0 aliphatic rings. The zero-order chi connectivity index (χ0) is 16.6. The minimum Gasteiger partial charge on any atom is -0.320 e. The van der Waals surface area contributed by atoms with Gasteiger partial charge in [0.15, 0.2) is 23.3 Å². The number of halogens is 7. The molecule has 0 aliphatic carbocycles. The highest BCUT2D eigenvalue weighted by molar-refractivity contribution is 6.36. The number of anilines is 1. The molecule has 22 heavy (non-hydrogen) atoms. The molecule has 2 aromatic rings. The fourth-order valence-corrected chi connectivity index (χ4v) is 2.04. The number of amides is 1. The van der Waals surface area contributed by atoms with Crippen LogP contribution in [0.2, 0.25) is 10.0 Å². The van der Waals surface area contributed by atoms with Crippen molar-refractivity contribution in [2.24, 2.45) is 0 Å². The van der Waals surface area contributed by atoms with Crippen LogP contribution in [0.15, 0.2) is 18.2 Å². The molecule has 0 aromatic heterocycles. The highest BCUT2D eigenvalue weighted by atomic mass is 35.5. The molecule has 2 aromatic carbocycles. The van der Waals surface area contributed by atoms with Gasteiger partial charge in [0.25, 0.3) is 5.91 Å². The second-order valence-corrected chi connectivity index (χ2v) is 4.87. The van der Waals surface area contributed by atoms with Gasteiger partial charge in [0.1, 0.15) is 5.56 Å². The van der Waals surface area contributed by atoms with Crippen molar-refractivity contribution < 1.29 is 26.7 Å². The number of carbonyl (C=O) groups is 1. The largest absolute Gasteiger partial charge is 0.320 e. The highest BCUT2D eigenvalue weighted by Gasteiger charge is 2.29. The Morgan fingerprint density at radius 1 is 0.864 bits per heavy atom. The molecule has 0 radical (unpaired) electrons. The summed E-state index contributed by atoms with van der Waals surface area (Å²) in [6, 6.07) is 3.73. The Kier molecular flexibility index (Phi) is 4.58. The molecule has 0 spiro atoms. The molecule has 1 amide bonds. The van der Waals surface area contributed by atoms with Crippen molar-refractivity contribution in [2.45, 2.75) is 0 Å². The molecule has 0 atom stereocenters. The SMILES string of the molecule is O=C(Nc1ccc(Cl)cc1Cl)c1c(F)c(F)c(F)c(F)c1F. The van der Waals surface area contributed by atoms with Crippen LogP contribution in [0.5, 0.6) is 0 Å². The third-order valence-corrected chi connectivity index (χ3v) is 3.16. The van der Waals surface area contributed by atoms with E-state index in [1.165, 1.54) is 18.2 Å². The van der Waals surface area contributed by atoms with Crippen LogP contribution >= 0.6 is 23.2 Å². The topological polar surface area (TPSA) is 29.1 Å². The van der Waals surface area contributed by atoms with Crippen LogP contribution in [-0.4, -0.2) is 5.91 Å². The van der Waals surface area contributed by atoms with E-state index in [4.69, 9.17) is 23.2 Å². The average Bonchev–Trinajstić information content (AvgIpc) is 2.46. The summed E-state index contributed by atoms with van der Waals surface area (Å²) in [4.78, 5) is 11.8. The predicted octanol–water partition coefficient (Wildman–Crippen LogP) is 4.94. The number of rotatable bonds is 2. The second-order valence-electron chi connectivity index (χ2n) is 4.02. The summed E-state index contributed by atoms with van der Waals surface area (Å²) in [5.74, 6) is -12.8. The maximum absolute atomic E-state index is 13.5. The molecule has 2 nitrogen and oxygen atoms in total. The summed E-state index contributed by atoms with van der Waals surface area (Å²) in [5.41, 5.74) is -1.72. The number of benzene rings is 2. The first-order valence-corrected chi connectivity index (χ1v) is 6.27. The van der Waals surface area contributed by atoms with E-state index in [1.54, 1.807) is 0 Å². The van der Waals surface area contributed by atoms with Crippen LogP contribution in [-0.2, 0) is 0 Å². The Balaban J connectivity index is 2.46. The first kappa shape index (κ1) is 16.5. The van der Waals surface area contributed by atoms with Crippen LogP contribution < -0.4 is 5.32 Å². The first-order chi connectivity index (χ1) is 10.2. The molecular formula is C13H4Cl2F5NO. The summed E-state index contributed by atoms with van der Waals surface area (Å²) in [7, 11) is 0. The first-order valence-electron chi connectivity index (χ1n) is 5.52. The summed E-state index contributed by atoms with van der Waals surface area (Å²) in [6.07, 6.45) is 0. The normalized spacial score (nSPS) is 10.7. The molecule has 0 aliphatic heterocycles. The van der Waals surface area contributed by atoms with Crippen molar-refractivity contribution >= 4 is 34.8 Å². The molecule has 0 unspecified atom stereocenters. The zero-order valence-electron chi connectivity index (χ0n) is 10.3. The lowest BCUT2D eigenvalue weighted by Gasteiger charge is -2.10. The van der Waals surface area contributed by atoms with Crippen LogP contribution in [0.3, 0.4) is 0 Å². The summed E-state index contributed by atoms with van der Waals surface area (Å²) in [5, 5.41) is 2.09. The molecule has 0 fully saturated rings. The van der Waals surface area contributed by atoms with Gasteiger partial charge in [-0.3, -0.25) is 4.79 Å². The van der Waals surface area contributed by atoms with Crippen molar-refractivity contribution in [2.75, 3.05) is 5.32 Å². The van der Waals surface area contributed by atoms with E-state index in [2.05, 4.69) is 0 Å². The van der Waals surface area contributed by atoms with E-state index in [-0.39, 0.29) is 15.7 Å². The smallest absolute Gasteiger partial charge is 0.261 e. The minimum atomic E-state index is -2.35. The Hall–Kier alpha value is -1.86.